The molecule has 0 radical (unpaired) electrons. The normalized spacial score (nSPS) is 17.7. The molecule has 1 aromatic heterocycles. The van der Waals surface area contributed by atoms with Gasteiger partial charge in [0.15, 0.2) is 11.5 Å². The van der Waals surface area contributed by atoms with Crippen molar-refractivity contribution in [3.63, 3.8) is 0 Å². The smallest absolute Gasteiger partial charge is 0.262 e. The summed E-state index contributed by atoms with van der Waals surface area (Å²) in [5.41, 5.74) is 0.670. The molecule has 2 aromatic rings. The number of benzene rings is 1. The Morgan fingerprint density at radius 2 is 2.04 bits per heavy atom. The molecule has 7 heteroatoms. The van der Waals surface area contributed by atoms with Gasteiger partial charge >= 0.3 is 0 Å². The Kier molecular flexibility index (Phi) is 5.12. The SMILES string of the molecule is COCc1cc(C(OC)Oc2ccccc2OCC2CO2)on1. The van der Waals surface area contributed by atoms with E-state index in [-0.39, 0.29) is 6.10 Å². The van der Waals surface area contributed by atoms with Gasteiger partial charge < -0.3 is 28.2 Å². The number of methoxy groups -OCH3 is 2. The molecule has 1 saturated heterocycles. The van der Waals surface area contributed by atoms with Crippen LogP contribution in [0.1, 0.15) is 17.7 Å². The first kappa shape index (κ1) is 15.8. The lowest BCUT2D eigenvalue weighted by Crippen LogP contribution is -2.11. The third-order valence-corrected chi connectivity index (χ3v) is 3.23. The van der Waals surface area contributed by atoms with Crippen molar-refractivity contribution in [1.29, 1.82) is 0 Å². The Bertz CT molecular complexity index is 625. The molecule has 0 N–H and O–H groups in total. The predicted molar refractivity (Wildman–Crippen MR) is 79.3 cm³/mol. The van der Waals surface area contributed by atoms with Gasteiger partial charge in [-0.25, -0.2) is 0 Å². The molecule has 2 atom stereocenters. The number of ether oxygens (including phenoxy) is 5. The Morgan fingerprint density at radius 1 is 1.26 bits per heavy atom. The summed E-state index contributed by atoms with van der Waals surface area (Å²) in [7, 11) is 3.13. The molecule has 0 aliphatic carbocycles. The minimum absolute atomic E-state index is 0.173. The van der Waals surface area contributed by atoms with E-state index in [9.17, 15) is 0 Å². The van der Waals surface area contributed by atoms with Crippen LogP contribution >= 0.6 is 0 Å². The van der Waals surface area contributed by atoms with Gasteiger partial charge in [-0.15, -0.1) is 0 Å². The highest BCUT2D eigenvalue weighted by atomic mass is 16.7. The third-order valence-electron chi connectivity index (χ3n) is 3.23. The van der Waals surface area contributed by atoms with Crippen molar-refractivity contribution >= 4 is 0 Å². The highest BCUT2D eigenvalue weighted by Gasteiger charge is 2.24. The number of epoxide rings is 1. The first-order valence-corrected chi connectivity index (χ1v) is 7.27. The number of hydrogen-bond donors (Lipinski definition) is 0. The second kappa shape index (κ2) is 7.45. The largest absolute Gasteiger partial charge is 0.487 e. The van der Waals surface area contributed by atoms with Crippen LogP contribution in [0.4, 0.5) is 0 Å². The summed E-state index contributed by atoms with van der Waals surface area (Å²) in [6, 6.07) is 9.12. The highest BCUT2D eigenvalue weighted by Crippen LogP contribution is 2.32. The molecule has 0 bridgehead atoms. The molecule has 2 heterocycles. The first-order valence-electron chi connectivity index (χ1n) is 7.27. The van der Waals surface area contributed by atoms with Gasteiger partial charge in [-0.2, -0.15) is 0 Å². The van der Waals surface area contributed by atoms with Gasteiger partial charge in [0, 0.05) is 20.3 Å². The monoisotopic (exact) mass is 321 g/mol. The lowest BCUT2D eigenvalue weighted by atomic mass is 10.3. The Labute approximate surface area is 134 Å². The number of rotatable bonds is 9. The van der Waals surface area contributed by atoms with Crippen LogP contribution in [0.5, 0.6) is 11.5 Å². The van der Waals surface area contributed by atoms with E-state index in [0.29, 0.717) is 36.2 Å². The minimum atomic E-state index is -0.727. The lowest BCUT2D eigenvalue weighted by molar-refractivity contribution is -0.0740. The van der Waals surface area contributed by atoms with E-state index in [2.05, 4.69) is 5.16 Å². The average Bonchev–Trinajstić information content (AvgIpc) is 3.29. The maximum atomic E-state index is 5.86. The second-order valence-corrected chi connectivity index (χ2v) is 5.05. The van der Waals surface area contributed by atoms with E-state index in [1.54, 1.807) is 13.2 Å². The highest BCUT2D eigenvalue weighted by molar-refractivity contribution is 5.39. The molecular weight excluding hydrogens is 302 g/mol. The van der Waals surface area contributed by atoms with E-state index >= 15 is 0 Å². The van der Waals surface area contributed by atoms with Crippen LogP contribution in [-0.2, 0) is 20.8 Å². The molecule has 23 heavy (non-hydrogen) atoms. The number of aromatic nitrogens is 1. The second-order valence-electron chi connectivity index (χ2n) is 5.05. The fourth-order valence-electron chi connectivity index (χ4n) is 2.01. The third kappa shape index (κ3) is 4.22. The van der Waals surface area contributed by atoms with Gasteiger partial charge in [0.2, 0.25) is 5.76 Å². The average molecular weight is 321 g/mol. The predicted octanol–water partition coefficient (Wildman–Crippen LogP) is 2.32. The van der Waals surface area contributed by atoms with Crippen molar-refractivity contribution in [1.82, 2.24) is 5.16 Å². The van der Waals surface area contributed by atoms with E-state index in [1.165, 1.54) is 7.11 Å². The fraction of sp³-hybridized carbons (Fsp3) is 0.438. The molecule has 1 fully saturated rings. The van der Waals surface area contributed by atoms with Crippen molar-refractivity contribution in [3.05, 3.63) is 41.8 Å². The summed E-state index contributed by atoms with van der Waals surface area (Å²) in [4.78, 5) is 0. The molecule has 0 spiro atoms. The molecular formula is C16H19NO6. The van der Waals surface area contributed by atoms with Crippen LogP contribution in [0.3, 0.4) is 0 Å². The van der Waals surface area contributed by atoms with Crippen LogP contribution in [0.2, 0.25) is 0 Å². The molecule has 3 rings (SSSR count). The summed E-state index contributed by atoms with van der Waals surface area (Å²) < 4.78 is 32.3. The van der Waals surface area contributed by atoms with E-state index in [0.717, 1.165) is 6.61 Å². The molecule has 1 aliphatic rings. The molecule has 2 unspecified atom stereocenters. The van der Waals surface area contributed by atoms with Crippen LogP contribution in [0, 0.1) is 0 Å². The fourth-order valence-corrected chi connectivity index (χ4v) is 2.01. The summed E-state index contributed by atoms with van der Waals surface area (Å²) >= 11 is 0. The molecule has 1 aromatic carbocycles. The zero-order valence-electron chi connectivity index (χ0n) is 13.1. The lowest BCUT2D eigenvalue weighted by Gasteiger charge is -2.17. The minimum Gasteiger partial charge on any atom is -0.487 e. The molecule has 0 amide bonds. The molecule has 0 saturated carbocycles. The van der Waals surface area contributed by atoms with Crippen molar-refractivity contribution in [2.45, 2.75) is 19.0 Å². The zero-order chi connectivity index (χ0) is 16.1. The zero-order valence-corrected chi connectivity index (χ0v) is 13.1. The molecule has 1 aliphatic heterocycles. The van der Waals surface area contributed by atoms with Crippen LogP contribution < -0.4 is 9.47 Å². The van der Waals surface area contributed by atoms with Crippen molar-refractivity contribution < 1.29 is 28.2 Å². The molecule has 7 nitrogen and oxygen atoms in total. The Hall–Kier alpha value is -2.09. The van der Waals surface area contributed by atoms with Gasteiger partial charge in [0.1, 0.15) is 18.4 Å². The maximum Gasteiger partial charge on any atom is 0.262 e. The Morgan fingerprint density at radius 3 is 2.74 bits per heavy atom. The number of hydrogen-bond acceptors (Lipinski definition) is 7. The maximum absolute atomic E-state index is 5.86. The summed E-state index contributed by atoms with van der Waals surface area (Å²) in [5.74, 6) is 1.64. The summed E-state index contributed by atoms with van der Waals surface area (Å²) in [5, 5.41) is 3.90. The molecule has 124 valence electrons. The Balaban J connectivity index is 1.69. The van der Waals surface area contributed by atoms with Gasteiger partial charge in [-0.3, -0.25) is 0 Å². The van der Waals surface area contributed by atoms with Gasteiger partial charge in [0.05, 0.1) is 13.2 Å². The number of nitrogens with zero attached hydrogens (tertiary/aromatic N) is 1. The van der Waals surface area contributed by atoms with Crippen molar-refractivity contribution in [2.24, 2.45) is 0 Å². The van der Waals surface area contributed by atoms with E-state index < -0.39 is 6.29 Å². The summed E-state index contributed by atoms with van der Waals surface area (Å²) in [6.07, 6.45) is -0.554. The first-order chi connectivity index (χ1) is 11.3. The van der Waals surface area contributed by atoms with Crippen LogP contribution in [-0.4, -0.2) is 38.7 Å². The van der Waals surface area contributed by atoms with Crippen molar-refractivity contribution in [3.8, 4) is 11.5 Å². The standard InChI is InChI=1S/C16H19NO6/c1-18-8-11-7-15(23-17-11)16(19-2)22-14-6-4-3-5-13(14)21-10-12-9-20-12/h3-7,12,16H,8-10H2,1-2H3. The van der Waals surface area contributed by atoms with Crippen LogP contribution in [0.25, 0.3) is 0 Å². The summed E-state index contributed by atoms with van der Waals surface area (Å²) in [6.45, 7) is 1.60. The van der Waals surface area contributed by atoms with Crippen molar-refractivity contribution in [2.75, 3.05) is 27.4 Å². The van der Waals surface area contributed by atoms with E-state index in [4.69, 9.17) is 28.2 Å². The van der Waals surface area contributed by atoms with E-state index in [1.807, 2.05) is 24.3 Å². The number of para-hydroxylation sites is 2. The van der Waals surface area contributed by atoms with Crippen LogP contribution in [0.15, 0.2) is 34.9 Å². The van der Waals surface area contributed by atoms with Gasteiger partial charge in [-0.1, -0.05) is 17.3 Å². The van der Waals surface area contributed by atoms with Gasteiger partial charge in [-0.05, 0) is 12.1 Å². The topological polar surface area (TPSA) is 75.5 Å². The quantitative estimate of drug-likeness (QED) is 0.518. The van der Waals surface area contributed by atoms with Gasteiger partial charge in [0.25, 0.3) is 6.29 Å².